The van der Waals surface area contributed by atoms with Crippen LogP contribution in [-0.4, -0.2) is 12.1 Å². The van der Waals surface area contributed by atoms with Crippen molar-refractivity contribution in [1.82, 2.24) is 0 Å². The number of para-hydroxylation sites is 2. The zero-order chi connectivity index (χ0) is 21.5. The van der Waals surface area contributed by atoms with Gasteiger partial charge >= 0.3 is 0 Å². The van der Waals surface area contributed by atoms with Gasteiger partial charge in [0.15, 0.2) is 0 Å². The minimum atomic E-state index is -0.327. The van der Waals surface area contributed by atoms with Crippen molar-refractivity contribution in [3.8, 4) is 0 Å². The lowest BCUT2D eigenvalue weighted by molar-refractivity contribution is 0.0948. The summed E-state index contributed by atoms with van der Waals surface area (Å²) in [6.07, 6.45) is 1.49. The Morgan fingerprint density at radius 1 is 0.688 bits per heavy atom. The monoisotopic (exact) mass is 416 g/mol. The topological polar surface area (TPSA) is 32.3 Å². The Morgan fingerprint density at radius 2 is 1.25 bits per heavy atom. The summed E-state index contributed by atoms with van der Waals surface area (Å²) in [5.74, 6) is 0.0693. The summed E-state index contributed by atoms with van der Waals surface area (Å²) in [6.45, 7) is 0. The Bertz CT molecular complexity index is 1240. The quantitative estimate of drug-likeness (QED) is 0.454. The van der Waals surface area contributed by atoms with Crippen LogP contribution in [0.3, 0.4) is 0 Å². The van der Waals surface area contributed by atoms with Crippen LogP contribution in [0.2, 0.25) is 0 Å². The molecule has 0 radical (unpaired) electrons. The summed E-state index contributed by atoms with van der Waals surface area (Å²) in [4.78, 5) is 15.7. The van der Waals surface area contributed by atoms with Crippen molar-refractivity contribution < 1.29 is 4.79 Å². The maximum atomic E-state index is 13.7. The van der Waals surface area contributed by atoms with Crippen LogP contribution in [0.15, 0.2) is 109 Å². The molecular weight excluding hydrogens is 392 g/mol. The third-order valence-corrected chi connectivity index (χ3v) is 6.87. The number of hydrogen-bond donors (Lipinski definition) is 1. The van der Waals surface area contributed by atoms with Crippen molar-refractivity contribution in [2.75, 3.05) is 10.2 Å². The number of fused-ring (bicyclic) bond motifs is 4. The molecule has 2 aliphatic heterocycles. The highest BCUT2D eigenvalue weighted by Gasteiger charge is 2.54. The van der Waals surface area contributed by atoms with E-state index in [-0.39, 0.29) is 17.5 Å². The Labute approximate surface area is 188 Å². The number of anilines is 2. The average Bonchev–Trinajstić information content (AvgIpc) is 3.25. The average molecular weight is 417 g/mol. The minimum Gasteiger partial charge on any atom is -0.362 e. The molecule has 6 rings (SSSR count). The highest BCUT2D eigenvalue weighted by atomic mass is 16.2. The summed E-state index contributed by atoms with van der Waals surface area (Å²) >= 11 is 0. The van der Waals surface area contributed by atoms with Crippen LogP contribution in [0.4, 0.5) is 11.4 Å². The number of benzene rings is 4. The number of hydrogen-bond acceptors (Lipinski definition) is 2. The second-order valence-electron chi connectivity index (χ2n) is 8.77. The number of amides is 1. The summed E-state index contributed by atoms with van der Waals surface area (Å²) in [6, 6.07) is 37.6. The minimum absolute atomic E-state index is 0.0693. The number of nitrogens with zero attached hydrogens (tertiary/aromatic N) is 1. The molecule has 2 aliphatic rings. The van der Waals surface area contributed by atoms with Crippen LogP contribution in [0, 0.1) is 0 Å². The number of rotatable bonds is 4. The molecule has 0 aromatic heterocycles. The molecule has 156 valence electrons. The largest absolute Gasteiger partial charge is 0.362 e. The second-order valence-corrected chi connectivity index (χ2v) is 8.77. The van der Waals surface area contributed by atoms with Gasteiger partial charge in [0.05, 0.1) is 11.4 Å². The number of nitrogens with one attached hydrogen (secondary N) is 1. The molecule has 4 aromatic rings. The van der Waals surface area contributed by atoms with Gasteiger partial charge in [0.2, 0.25) is 0 Å². The standard InChI is InChI=1S/C29H24N2O/c32-27-23-15-7-8-16-24(23)29(19-21-11-3-1-4-12-21,20-22-13-5-2-6-14-22)28-30-25-17-9-10-18-26(25)31(27)28/h1-18,28,30H,19-20H2. The third-order valence-electron chi connectivity index (χ3n) is 6.87. The van der Waals surface area contributed by atoms with E-state index < -0.39 is 0 Å². The van der Waals surface area contributed by atoms with E-state index in [9.17, 15) is 4.79 Å². The Hall–Kier alpha value is -3.85. The van der Waals surface area contributed by atoms with Gasteiger partial charge in [-0.3, -0.25) is 9.69 Å². The van der Waals surface area contributed by atoms with E-state index in [1.165, 1.54) is 11.1 Å². The molecule has 0 aliphatic carbocycles. The lowest BCUT2D eigenvalue weighted by Gasteiger charge is -2.48. The van der Waals surface area contributed by atoms with Crippen molar-refractivity contribution in [2.24, 2.45) is 0 Å². The summed E-state index contributed by atoms with van der Waals surface area (Å²) < 4.78 is 0. The van der Waals surface area contributed by atoms with Gasteiger partial charge in [0, 0.05) is 11.0 Å². The predicted octanol–water partition coefficient (Wildman–Crippen LogP) is 5.82. The van der Waals surface area contributed by atoms with E-state index in [0.29, 0.717) is 0 Å². The molecule has 0 saturated carbocycles. The smallest absolute Gasteiger partial charge is 0.260 e. The molecule has 4 aromatic carbocycles. The molecule has 0 saturated heterocycles. The molecule has 3 heteroatoms. The van der Waals surface area contributed by atoms with Gasteiger partial charge in [-0.25, -0.2) is 0 Å². The van der Waals surface area contributed by atoms with E-state index >= 15 is 0 Å². The summed E-state index contributed by atoms with van der Waals surface area (Å²) in [7, 11) is 0. The zero-order valence-corrected chi connectivity index (χ0v) is 17.7. The fourth-order valence-corrected chi connectivity index (χ4v) is 5.52. The zero-order valence-electron chi connectivity index (χ0n) is 17.7. The maximum Gasteiger partial charge on any atom is 0.260 e. The van der Waals surface area contributed by atoms with Crippen molar-refractivity contribution in [3.05, 3.63) is 131 Å². The van der Waals surface area contributed by atoms with Gasteiger partial charge in [0.1, 0.15) is 6.17 Å². The first-order valence-electron chi connectivity index (χ1n) is 11.1. The highest BCUT2D eigenvalue weighted by molar-refractivity contribution is 6.12. The van der Waals surface area contributed by atoms with E-state index in [1.807, 2.05) is 35.2 Å². The molecule has 3 nitrogen and oxygen atoms in total. The van der Waals surface area contributed by atoms with Gasteiger partial charge in [-0.1, -0.05) is 91.0 Å². The van der Waals surface area contributed by atoms with Crippen LogP contribution in [-0.2, 0) is 18.3 Å². The van der Waals surface area contributed by atoms with Crippen LogP contribution >= 0.6 is 0 Å². The predicted molar refractivity (Wildman–Crippen MR) is 129 cm³/mol. The van der Waals surface area contributed by atoms with E-state index in [0.717, 1.165) is 35.3 Å². The molecule has 1 amide bonds. The summed E-state index contributed by atoms with van der Waals surface area (Å²) in [5, 5.41) is 3.74. The molecule has 0 fully saturated rings. The van der Waals surface area contributed by atoms with Crippen molar-refractivity contribution >= 4 is 17.3 Å². The fourth-order valence-electron chi connectivity index (χ4n) is 5.52. The van der Waals surface area contributed by atoms with Crippen LogP contribution in [0.25, 0.3) is 0 Å². The van der Waals surface area contributed by atoms with Gasteiger partial charge in [-0.2, -0.15) is 0 Å². The van der Waals surface area contributed by atoms with Crippen LogP contribution < -0.4 is 10.2 Å². The van der Waals surface area contributed by atoms with E-state index in [2.05, 4.69) is 84.2 Å². The van der Waals surface area contributed by atoms with Crippen molar-refractivity contribution in [2.45, 2.75) is 24.4 Å². The first-order valence-corrected chi connectivity index (χ1v) is 11.1. The molecule has 1 unspecified atom stereocenters. The van der Waals surface area contributed by atoms with Crippen LogP contribution in [0.5, 0.6) is 0 Å². The third kappa shape index (κ3) is 2.85. The van der Waals surface area contributed by atoms with Crippen molar-refractivity contribution in [1.29, 1.82) is 0 Å². The van der Waals surface area contributed by atoms with Crippen LogP contribution in [0.1, 0.15) is 27.0 Å². The SMILES string of the molecule is O=C1c2ccccc2C(Cc2ccccc2)(Cc2ccccc2)C2Nc3ccccc3N12. The number of carbonyl (C=O) groups is 1. The second kappa shape index (κ2) is 7.38. The van der Waals surface area contributed by atoms with E-state index in [4.69, 9.17) is 0 Å². The lowest BCUT2D eigenvalue weighted by Crippen LogP contribution is -2.60. The molecule has 0 spiro atoms. The maximum absolute atomic E-state index is 13.7. The molecular formula is C29H24N2O. The molecule has 1 atom stereocenters. The molecule has 32 heavy (non-hydrogen) atoms. The molecule has 2 heterocycles. The lowest BCUT2D eigenvalue weighted by atomic mass is 9.65. The number of carbonyl (C=O) groups excluding carboxylic acids is 1. The Morgan fingerprint density at radius 3 is 1.94 bits per heavy atom. The normalized spacial score (nSPS) is 17.8. The molecule has 1 N–H and O–H groups in total. The van der Waals surface area contributed by atoms with Gasteiger partial charge in [0.25, 0.3) is 5.91 Å². The van der Waals surface area contributed by atoms with E-state index in [1.54, 1.807) is 0 Å². The first kappa shape index (κ1) is 18.9. The van der Waals surface area contributed by atoms with Gasteiger partial charge in [-0.05, 0) is 47.7 Å². The Kier molecular flexibility index (Phi) is 4.36. The first-order chi connectivity index (χ1) is 15.8. The molecule has 0 bridgehead atoms. The fraction of sp³-hybridized carbons (Fsp3) is 0.138. The van der Waals surface area contributed by atoms with Gasteiger partial charge < -0.3 is 5.32 Å². The summed E-state index contributed by atoms with van der Waals surface area (Å²) in [5.41, 5.74) is 6.11. The Balaban J connectivity index is 1.60. The van der Waals surface area contributed by atoms with Gasteiger partial charge in [-0.15, -0.1) is 0 Å². The van der Waals surface area contributed by atoms with Crippen molar-refractivity contribution in [3.63, 3.8) is 0 Å². The highest BCUT2D eigenvalue weighted by Crippen LogP contribution is 2.50.